The van der Waals surface area contributed by atoms with E-state index in [2.05, 4.69) is 0 Å². The van der Waals surface area contributed by atoms with E-state index in [0.29, 0.717) is 16.5 Å². The minimum absolute atomic E-state index is 0.277. The molecule has 6 heteroatoms. The molecule has 1 aromatic heterocycles. The first-order chi connectivity index (χ1) is 8.76. The predicted octanol–water partition coefficient (Wildman–Crippen LogP) is 2.59. The Morgan fingerprint density at radius 1 is 1.26 bits per heavy atom. The molecule has 1 aromatic carbocycles. The average molecular weight is 282 g/mol. The van der Waals surface area contributed by atoms with Gasteiger partial charge in [-0.2, -0.15) is 0 Å². The predicted molar refractivity (Wildman–Crippen MR) is 72.3 cm³/mol. The summed E-state index contributed by atoms with van der Waals surface area (Å²) >= 11 is 0. The largest absolute Gasteiger partial charge is 0.423 e. The summed E-state index contributed by atoms with van der Waals surface area (Å²) in [6, 6.07) is 6.46. The molecular formula is C13H15O5P. The van der Waals surface area contributed by atoms with Gasteiger partial charge in [-0.05, 0) is 29.2 Å². The van der Waals surface area contributed by atoms with Gasteiger partial charge in [-0.3, -0.25) is 4.57 Å². The molecule has 19 heavy (non-hydrogen) atoms. The Morgan fingerprint density at radius 2 is 1.95 bits per heavy atom. The number of benzene rings is 1. The summed E-state index contributed by atoms with van der Waals surface area (Å²) in [5, 5.41) is 0.578. The Balaban J connectivity index is 2.69. The molecule has 0 unspecified atom stereocenters. The Hall–Kier alpha value is -1.42. The number of hydrogen-bond acceptors (Lipinski definition) is 3. The van der Waals surface area contributed by atoms with Crippen molar-refractivity contribution in [3.8, 4) is 0 Å². The van der Waals surface area contributed by atoms with Crippen molar-refractivity contribution in [3.63, 3.8) is 0 Å². The van der Waals surface area contributed by atoms with E-state index in [9.17, 15) is 9.36 Å². The van der Waals surface area contributed by atoms with Crippen LogP contribution in [0, 0.1) is 0 Å². The quantitative estimate of drug-likeness (QED) is 0.667. The monoisotopic (exact) mass is 282 g/mol. The van der Waals surface area contributed by atoms with Gasteiger partial charge in [-0.25, -0.2) is 4.79 Å². The molecule has 5 nitrogen and oxygen atoms in total. The van der Waals surface area contributed by atoms with Crippen LogP contribution in [0.1, 0.15) is 30.9 Å². The van der Waals surface area contributed by atoms with Crippen molar-refractivity contribution in [1.29, 1.82) is 0 Å². The Labute approximate surface area is 110 Å². The lowest BCUT2D eigenvalue weighted by atomic mass is 10.00. The fourth-order valence-electron chi connectivity index (χ4n) is 1.96. The van der Waals surface area contributed by atoms with E-state index in [1.165, 1.54) is 0 Å². The van der Waals surface area contributed by atoms with Crippen molar-refractivity contribution in [2.45, 2.75) is 25.9 Å². The highest BCUT2D eigenvalue weighted by Gasteiger charge is 2.18. The van der Waals surface area contributed by atoms with E-state index in [0.717, 1.165) is 11.6 Å². The molecule has 0 bridgehead atoms. The van der Waals surface area contributed by atoms with Crippen LogP contribution in [0.4, 0.5) is 0 Å². The maximum Gasteiger partial charge on any atom is 0.336 e. The van der Waals surface area contributed by atoms with Crippen molar-refractivity contribution in [2.24, 2.45) is 0 Å². The van der Waals surface area contributed by atoms with Gasteiger partial charge in [0.1, 0.15) is 5.58 Å². The van der Waals surface area contributed by atoms with Crippen LogP contribution in [-0.2, 0) is 10.7 Å². The lowest BCUT2D eigenvalue weighted by Crippen LogP contribution is -2.02. The number of fused-ring (bicyclic) bond motifs is 1. The fraction of sp³-hybridized carbons (Fsp3) is 0.308. The summed E-state index contributed by atoms with van der Waals surface area (Å²) < 4.78 is 16.2. The minimum Gasteiger partial charge on any atom is -0.423 e. The summed E-state index contributed by atoms with van der Waals surface area (Å²) in [7, 11) is -4.23. The molecule has 0 spiro atoms. The van der Waals surface area contributed by atoms with Gasteiger partial charge >= 0.3 is 13.2 Å². The molecule has 1 heterocycles. The Morgan fingerprint density at radius 3 is 2.53 bits per heavy atom. The molecule has 0 aliphatic carbocycles. The molecule has 2 aromatic rings. The van der Waals surface area contributed by atoms with Crippen LogP contribution >= 0.6 is 7.60 Å². The van der Waals surface area contributed by atoms with Gasteiger partial charge in [0.2, 0.25) is 0 Å². The van der Waals surface area contributed by atoms with E-state index in [1.54, 1.807) is 6.07 Å². The van der Waals surface area contributed by atoms with Gasteiger partial charge in [0.15, 0.2) is 0 Å². The normalized spacial score (nSPS) is 12.3. The summed E-state index contributed by atoms with van der Waals surface area (Å²) in [6.07, 6.45) is -0.462. The van der Waals surface area contributed by atoms with Crippen molar-refractivity contribution < 1.29 is 18.8 Å². The molecule has 0 saturated carbocycles. The van der Waals surface area contributed by atoms with Crippen LogP contribution in [0.3, 0.4) is 0 Å². The highest BCUT2D eigenvalue weighted by Crippen LogP contribution is 2.40. The van der Waals surface area contributed by atoms with Gasteiger partial charge in [0.05, 0.1) is 6.16 Å². The van der Waals surface area contributed by atoms with E-state index < -0.39 is 19.4 Å². The van der Waals surface area contributed by atoms with Crippen LogP contribution in [0.2, 0.25) is 0 Å². The van der Waals surface area contributed by atoms with E-state index in [1.807, 2.05) is 26.0 Å². The van der Waals surface area contributed by atoms with Crippen LogP contribution in [-0.4, -0.2) is 9.79 Å². The molecule has 0 radical (unpaired) electrons. The topological polar surface area (TPSA) is 87.7 Å². The zero-order valence-corrected chi connectivity index (χ0v) is 11.6. The fourth-order valence-corrected chi connectivity index (χ4v) is 2.66. The smallest absolute Gasteiger partial charge is 0.336 e. The minimum atomic E-state index is -4.23. The zero-order valence-electron chi connectivity index (χ0n) is 10.7. The first kappa shape index (κ1) is 14.0. The van der Waals surface area contributed by atoms with E-state index in [4.69, 9.17) is 14.2 Å². The molecular weight excluding hydrogens is 267 g/mol. The third kappa shape index (κ3) is 3.32. The highest BCUT2D eigenvalue weighted by molar-refractivity contribution is 7.50. The van der Waals surface area contributed by atoms with Crippen LogP contribution in [0.5, 0.6) is 0 Å². The zero-order chi connectivity index (χ0) is 14.2. The molecule has 2 N–H and O–H groups in total. The van der Waals surface area contributed by atoms with Crippen molar-refractivity contribution >= 4 is 18.6 Å². The van der Waals surface area contributed by atoms with Crippen molar-refractivity contribution in [3.05, 3.63) is 45.8 Å². The van der Waals surface area contributed by atoms with E-state index >= 15 is 0 Å². The summed E-state index contributed by atoms with van der Waals surface area (Å²) in [5.74, 6) is 0.277. The maximum absolute atomic E-state index is 11.4. The lowest BCUT2D eigenvalue weighted by Gasteiger charge is -2.10. The van der Waals surface area contributed by atoms with Gasteiger partial charge in [-0.1, -0.05) is 19.9 Å². The number of hydrogen-bond donors (Lipinski definition) is 2. The molecule has 0 amide bonds. The Bertz CT molecular complexity index is 711. The van der Waals surface area contributed by atoms with Crippen LogP contribution in [0.15, 0.2) is 33.5 Å². The van der Waals surface area contributed by atoms with Gasteiger partial charge in [0, 0.05) is 11.5 Å². The first-order valence-corrected chi connectivity index (χ1v) is 7.67. The van der Waals surface area contributed by atoms with Crippen molar-refractivity contribution in [1.82, 2.24) is 0 Å². The first-order valence-electron chi connectivity index (χ1n) is 5.87. The van der Waals surface area contributed by atoms with Crippen LogP contribution < -0.4 is 5.63 Å². The lowest BCUT2D eigenvalue weighted by molar-refractivity contribution is 0.372. The van der Waals surface area contributed by atoms with Gasteiger partial charge in [-0.15, -0.1) is 0 Å². The second-order valence-electron chi connectivity index (χ2n) is 4.82. The maximum atomic E-state index is 11.4. The molecule has 0 saturated heterocycles. The second-order valence-corrected chi connectivity index (χ2v) is 6.47. The molecule has 0 aliphatic heterocycles. The van der Waals surface area contributed by atoms with Gasteiger partial charge < -0.3 is 14.2 Å². The second kappa shape index (κ2) is 4.93. The van der Waals surface area contributed by atoms with E-state index in [-0.39, 0.29) is 5.92 Å². The highest BCUT2D eigenvalue weighted by atomic mass is 31.2. The van der Waals surface area contributed by atoms with Crippen molar-refractivity contribution in [2.75, 3.05) is 0 Å². The molecule has 0 atom stereocenters. The standard InChI is InChI=1S/C13H15O5P/c1-8(2)9-3-4-12-11(5-9)10(6-13(14)18-12)7-19(15,16)17/h3-6,8H,7H2,1-2H3,(H2,15,16,17). The average Bonchev–Trinajstić information content (AvgIpc) is 2.25. The molecule has 0 fully saturated rings. The third-order valence-corrected chi connectivity index (χ3v) is 3.65. The molecule has 2 rings (SSSR count). The van der Waals surface area contributed by atoms with Crippen LogP contribution in [0.25, 0.3) is 11.0 Å². The third-order valence-electron chi connectivity index (χ3n) is 2.90. The molecule has 102 valence electrons. The molecule has 0 aliphatic rings. The summed E-state index contributed by atoms with van der Waals surface area (Å²) in [6.45, 7) is 4.03. The summed E-state index contributed by atoms with van der Waals surface area (Å²) in [4.78, 5) is 29.5. The summed E-state index contributed by atoms with van der Waals surface area (Å²) in [5.41, 5.74) is 1.09. The van der Waals surface area contributed by atoms with Gasteiger partial charge in [0.25, 0.3) is 0 Å². The Kier molecular flexibility index (Phi) is 3.63. The number of rotatable bonds is 3. The SMILES string of the molecule is CC(C)c1ccc2oc(=O)cc(CP(=O)(O)O)c2c1.